The van der Waals surface area contributed by atoms with Crippen LogP contribution >= 0.6 is 22.6 Å². The number of halogens is 2. The first-order valence-electron chi connectivity index (χ1n) is 9.08. The summed E-state index contributed by atoms with van der Waals surface area (Å²) in [5, 5.41) is 3.41. The van der Waals surface area contributed by atoms with Gasteiger partial charge in [0.1, 0.15) is 5.82 Å². The Kier molecular flexibility index (Phi) is 6.23. The van der Waals surface area contributed by atoms with E-state index in [1.807, 2.05) is 20.8 Å². The first-order chi connectivity index (χ1) is 13.3. The molecule has 1 unspecified atom stereocenters. The minimum absolute atomic E-state index is 0.270. The maximum absolute atomic E-state index is 13.7. The normalized spacial score (nSPS) is 16.9. The molecule has 0 fully saturated rings. The molecule has 146 valence electrons. The number of benzene rings is 2. The van der Waals surface area contributed by atoms with Crippen LogP contribution in [0.4, 0.5) is 4.39 Å². The predicted octanol–water partition coefficient (Wildman–Crippen LogP) is 5.39. The summed E-state index contributed by atoms with van der Waals surface area (Å²) in [4.78, 5) is 12.6. The predicted molar refractivity (Wildman–Crippen MR) is 117 cm³/mol. The van der Waals surface area contributed by atoms with E-state index in [1.54, 1.807) is 6.07 Å². The van der Waals surface area contributed by atoms with E-state index in [1.165, 1.54) is 28.4 Å². The van der Waals surface area contributed by atoms with Gasteiger partial charge in [-0.2, -0.15) is 0 Å². The van der Waals surface area contributed by atoms with Crippen LogP contribution in [-0.2, 0) is 16.0 Å². The highest BCUT2D eigenvalue weighted by atomic mass is 127. The molecule has 0 aliphatic carbocycles. The molecule has 1 N–H and O–H groups in total. The first kappa shape index (κ1) is 20.6. The highest BCUT2D eigenvalue weighted by Crippen LogP contribution is 2.40. The van der Waals surface area contributed by atoms with Gasteiger partial charge < -0.3 is 10.1 Å². The van der Waals surface area contributed by atoms with Gasteiger partial charge in [0.15, 0.2) is 0 Å². The standard InChI is InChI=1S/C23H23FINO2/c1-13-11-17(24)7-10-19(13)21-14(2)20(12-16-5-8-18(25)9-6-16)26-15(3)22(21)23(27)28-4/h5-11,21,26H,12H2,1-4H3. The number of rotatable bonds is 4. The van der Waals surface area contributed by atoms with Crippen molar-refractivity contribution in [2.75, 3.05) is 7.11 Å². The van der Waals surface area contributed by atoms with Crippen LogP contribution < -0.4 is 5.32 Å². The number of nitrogens with one attached hydrogen (secondary N) is 1. The van der Waals surface area contributed by atoms with Gasteiger partial charge >= 0.3 is 5.97 Å². The van der Waals surface area contributed by atoms with Crippen molar-refractivity contribution in [1.82, 2.24) is 5.32 Å². The Hall–Kier alpha value is -2.15. The molecule has 2 aromatic rings. The van der Waals surface area contributed by atoms with E-state index in [4.69, 9.17) is 4.74 Å². The minimum Gasteiger partial charge on any atom is -0.466 e. The molecule has 1 atom stereocenters. The molecule has 0 amide bonds. The van der Waals surface area contributed by atoms with E-state index in [2.05, 4.69) is 52.2 Å². The van der Waals surface area contributed by atoms with Crippen molar-refractivity contribution in [2.45, 2.75) is 33.1 Å². The zero-order valence-corrected chi connectivity index (χ0v) is 18.6. The van der Waals surface area contributed by atoms with Crippen LogP contribution in [0.15, 0.2) is 65.0 Å². The molecule has 5 heteroatoms. The molecule has 3 nitrogen and oxygen atoms in total. The van der Waals surface area contributed by atoms with E-state index in [0.29, 0.717) is 5.57 Å². The summed E-state index contributed by atoms with van der Waals surface area (Å²) in [6, 6.07) is 13.1. The van der Waals surface area contributed by atoms with Crippen molar-refractivity contribution in [3.8, 4) is 0 Å². The van der Waals surface area contributed by atoms with Gasteiger partial charge in [0, 0.05) is 27.3 Å². The maximum atomic E-state index is 13.7. The third kappa shape index (κ3) is 4.14. The highest BCUT2D eigenvalue weighted by molar-refractivity contribution is 14.1. The largest absolute Gasteiger partial charge is 0.466 e. The zero-order chi connectivity index (χ0) is 20.4. The number of aryl methyl sites for hydroxylation is 1. The lowest BCUT2D eigenvalue weighted by molar-refractivity contribution is -0.136. The smallest absolute Gasteiger partial charge is 0.336 e. The number of allylic oxidation sites excluding steroid dienone is 3. The van der Waals surface area contributed by atoms with Crippen LogP contribution in [0, 0.1) is 16.3 Å². The van der Waals surface area contributed by atoms with Crippen LogP contribution in [0.3, 0.4) is 0 Å². The van der Waals surface area contributed by atoms with Crippen molar-refractivity contribution in [2.24, 2.45) is 0 Å². The van der Waals surface area contributed by atoms with Crippen molar-refractivity contribution in [3.05, 3.63) is 91.1 Å². The highest BCUT2D eigenvalue weighted by Gasteiger charge is 2.33. The average Bonchev–Trinajstić information content (AvgIpc) is 2.66. The van der Waals surface area contributed by atoms with Crippen molar-refractivity contribution >= 4 is 28.6 Å². The molecule has 0 radical (unpaired) electrons. The molecule has 0 bridgehead atoms. The summed E-state index contributed by atoms with van der Waals surface area (Å²) >= 11 is 2.29. The van der Waals surface area contributed by atoms with Crippen LogP contribution in [0.2, 0.25) is 0 Å². The van der Waals surface area contributed by atoms with E-state index in [9.17, 15) is 9.18 Å². The molecule has 1 aliphatic heterocycles. The van der Waals surface area contributed by atoms with Crippen LogP contribution in [0.25, 0.3) is 0 Å². The van der Waals surface area contributed by atoms with Crippen molar-refractivity contribution < 1.29 is 13.9 Å². The second kappa shape index (κ2) is 8.47. The molecule has 1 aliphatic rings. The Morgan fingerprint density at radius 3 is 2.43 bits per heavy atom. The summed E-state index contributed by atoms with van der Waals surface area (Å²) in [5.41, 5.74) is 6.35. The third-order valence-corrected chi connectivity index (χ3v) is 5.90. The monoisotopic (exact) mass is 491 g/mol. The number of dihydropyridines is 1. The molecule has 0 saturated heterocycles. The number of carbonyl (C=O) groups excluding carboxylic acids is 1. The fourth-order valence-electron chi connectivity index (χ4n) is 3.72. The molecule has 0 spiro atoms. The first-order valence-corrected chi connectivity index (χ1v) is 10.2. The Morgan fingerprint density at radius 1 is 1.14 bits per heavy atom. The molecule has 28 heavy (non-hydrogen) atoms. The molecular formula is C23H23FINO2. The fraction of sp³-hybridized carbons (Fsp3) is 0.261. The minimum atomic E-state index is -0.369. The summed E-state index contributed by atoms with van der Waals surface area (Å²) in [5.74, 6) is -0.921. The lowest BCUT2D eigenvalue weighted by Gasteiger charge is -2.32. The Balaban J connectivity index is 2.10. The van der Waals surface area contributed by atoms with Gasteiger partial charge in [0.25, 0.3) is 0 Å². The summed E-state index contributed by atoms with van der Waals surface area (Å²) in [6.45, 7) is 5.78. The van der Waals surface area contributed by atoms with Gasteiger partial charge in [0.05, 0.1) is 12.7 Å². The van der Waals surface area contributed by atoms with Crippen LogP contribution in [-0.4, -0.2) is 13.1 Å². The lowest BCUT2D eigenvalue weighted by atomic mass is 9.78. The van der Waals surface area contributed by atoms with Gasteiger partial charge in [-0.1, -0.05) is 18.2 Å². The second-order valence-electron chi connectivity index (χ2n) is 7.05. The quantitative estimate of drug-likeness (QED) is 0.461. The van der Waals surface area contributed by atoms with Gasteiger partial charge in [-0.15, -0.1) is 0 Å². The molecule has 2 aromatic carbocycles. The second-order valence-corrected chi connectivity index (χ2v) is 8.30. The van der Waals surface area contributed by atoms with E-state index >= 15 is 0 Å². The van der Waals surface area contributed by atoms with E-state index < -0.39 is 0 Å². The number of ether oxygens (including phenoxy) is 1. The van der Waals surface area contributed by atoms with Crippen LogP contribution in [0.5, 0.6) is 0 Å². The zero-order valence-electron chi connectivity index (χ0n) is 16.4. The number of hydrogen-bond donors (Lipinski definition) is 1. The Morgan fingerprint density at radius 2 is 1.82 bits per heavy atom. The Bertz CT molecular complexity index is 977. The Labute approximate surface area is 178 Å². The summed E-state index contributed by atoms with van der Waals surface area (Å²) in [7, 11) is 1.39. The topological polar surface area (TPSA) is 38.3 Å². The van der Waals surface area contributed by atoms with E-state index in [-0.39, 0.29) is 17.7 Å². The SMILES string of the molecule is COC(=O)C1=C(C)NC(Cc2ccc(I)cc2)=C(C)C1c1ccc(F)cc1C. The average molecular weight is 491 g/mol. The van der Waals surface area contributed by atoms with Gasteiger partial charge in [-0.25, -0.2) is 9.18 Å². The summed E-state index contributed by atoms with van der Waals surface area (Å²) in [6.07, 6.45) is 0.727. The van der Waals surface area contributed by atoms with Crippen molar-refractivity contribution in [1.29, 1.82) is 0 Å². The number of hydrogen-bond acceptors (Lipinski definition) is 3. The molecule has 3 rings (SSSR count). The fourth-order valence-corrected chi connectivity index (χ4v) is 4.08. The van der Waals surface area contributed by atoms with Crippen LogP contribution in [0.1, 0.15) is 36.5 Å². The molecular weight excluding hydrogens is 468 g/mol. The number of esters is 1. The van der Waals surface area contributed by atoms with E-state index in [0.717, 1.165) is 34.5 Å². The number of carbonyl (C=O) groups is 1. The summed E-state index contributed by atoms with van der Waals surface area (Å²) < 4.78 is 19.9. The maximum Gasteiger partial charge on any atom is 0.336 e. The van der Waals surface area contributed by atoms with Gasteiger partial charge in [-0.3, -0.25) is 0 Å². The lowest BCUT2D eigenvalue weighted by Crippen LogP contribution is -2.30. The number of methoxy groups -OCH3 is 1. The van der Waals surface area contributed by atoms with Gasteiger partial charge in [0.2, 0.25) is 0 Å². The molecule has 0 aromatic heterocycles. The molecule has 0 saturated carbocycles. The van der Waals surface area contributed by atoms with Gasteiger partial charge in [-0.05, 0) is 89.9 Å². The third-order valence-electron chi connectivity index (χ3n) is 5.18. The molecule has 1 heterocycles. The van der Waals surface area contributed by atoms with Crippen molar-refractivity contribution in [3.63, 3.8) is 0 Å².